The number of aryl methyl sites for hydroxylation is 1. The lowest BCUT2D eigenvalue weighted by Gasteiger charge is -2.32. The summed E-state index contributed by atoms with van der Waals surface area (Å²) in [5.74, 6) is 0.684. The number of hydrogen-bond donors (Lipinski definition) is 1. The average molecular weight is 370 g/mol. The maximum atomic E-state index is 12.5. The highest BCUT2D eigenvalue weighted by Crippen LogP contribution is 2.21. The van der Waals surface area contributed by atoms with E-state index in [2.05, 4.69) is 10.4 Å². The highest BCUT2D eigenvalue weighted by atomic mass is 16.5. The first-order valence-electron chi connectivity index (χ1n) is 9.23. The number of aromatic nitrogens is 2. The van der Waals surface area contributed by atoms with Gasteiger partial charge in [0.05, 0.1) is 25.3 Å². The Bertz CT molecular complexity index is 802. The highest BCUT2D eigenvalue weighted by molar-refractivity contribution is 5.83. The second kappa shape index (κ2) is 8.70. The second-order valence-corrected chi connectivity index (χ2v) is 6.87. The minimum Gasteiger partial charge on any atom is -0.497 e. The summed E-state index contributed by atoms with van der Waals surface area (Å²) in [5.41, 5.74) is 1.96. The largest absolute Gasteiger partial charge is 0.497 e. The molecule has 1 fully saturated rings. The number of likely N-dealkylation sites (tertiary alicyclic amines) is 1. The van der Waals surface area contributed by atoms with Crippen molar-refractivity contribution >= 4 is 11.8 Å². The number of rotatable bonds is 7. The summed E-state index contributed by atoms with van der Waals surface area (Å²) in [6.45, 7) is 4.04. The van der Waals surface area contributed by atoms with Crippen molar-refractivity contribution in [2.24, 2.45) is 5.92 Å². The fourth-order valence-electron chi connectivity index (χ4n) is 3.30. The van der Waals surface area contributed by atoms with E-state index in [1.807, 2.05) is 48.1 Å². The third-order valence-corrected chi connectivity index (χ3v) is 4.79. The van der Waals surface area contributed by atoms with E-state index in [0.29, 0.717) is 39.0 Å². The summed E-state index contributed by atoms with van der Waals surface area (Å²) >= 11 is 0. The minimum atomic E-state index is -0.173. The number of carbonyl (C=O) groups is 2. The van der Waals surface area contributed by atoms with Gasteiger partial charge >= 0.3 is 0 Å². The molecule has 0 aliphatic carbocycles. The number of nitrogens with one attached hydrogen (secondary N) is 1. The number of methoxy groups -OCH3 is 1. The predicted octanol–water partition coefficient (Wildman–Crippen LogP) is 1.76. The molecule has 3 rings (SSSR count). The van der Waals surface area contributed by atoms with Crippen molar-refractivity contribution in [1.82, 2.24) is 20.0 Å². The molecule has 1 aliphatic rings. The van der Waals surface area contributed by atoms with Crippen LogP contribution < -0.4 is 10.1 Å². The van der Waals surface area contributed by atoms with E-state index in [-0.39, 0.29) is 17.7 Å². The minimum absolute atomic E-state index is 0.00187. The summed E-state index contributed by atoms with van der Waals surface area (Å²) in [6, 6.07) is 9.60. The molecule has 144 valence electrons. The molecule has 2 aromatic rings. The Morgan fingerprint density at radius 2 is 2.22 bits per heavy atom. The number of nitrogens with zero attached hydrogens (tertiary/aromatic N) is 3. The van der Waals surface area contributed by atoms with Crippen molar-refractivity contribution in [1.29, 1.82) is 0 Å². The van der Waals surface area contributed by atoms with Gasteiger partial charge in [0, 0.05) is 32.3 Å². The molecular formula is C20H26N4O3. The third kappa shape index (κ3) is 5.09. The molecule has 1 atom stereocenters. The van der Waals surface area contributed by atoms with Gasteiger partial charge in [-0.15, -0.1) is 0 Å². The standard InChI is InChI=1S/C20H26N4O3/c1-15-8-10-24(22-15)11-9-21-20(26)17-6-7-19(25)23(14-17)13-16-4-3-5-18(12-16)27-2/h3-5,8,10,12,17H,6-7,9,11,13-14H2,1-2H3,(H,21,26)/t17-/m1/s1. The molecule has 1 N–H and O–H groups in total. The van der Waals surface area contributed by atoms with Gasteiger partial charge in [0.1, 0.15) is 5.75 Å². The fraction of sp³-hybridized carbons (Fsp3) is 0.450. The van der Waals surface area contributed by atoms with Gasteiger partial charge in [-0.25, -0.2) is 0 Å². The lowest BCUT2D eigenvalue weighted by atomic mass is 9.96. The molecule has 1 aromatic heterocycles. The van der Waals surface area contributed by atoms with Crippen LogP contribution in [0.15, 0.2) is 36.5 Å². The van der Waals surface area contributed by atoms with E-state index in [9.17, 15) is 9.59 Å². The Kier molecular flexibility index (Phi) is 6.11. The van der Waals surface area contributed by atoms with Gasteiger partial charge in [-0.3, -0.25) is 14.3 Å². The van der Waals surface area contributed by atoms with Gasteiger partial charge in [-0.05, 0) is 37.1 Å². The molecule has 0 saturated carbocycles. The van der Waals surface area contributed by atoms with Crippen molar-refractivity contribution in [2.75, 3.05) is 20.2 Å². The van der Waals surface area contributed by atoms with E-state index in [1.54, 1.807) is 12.0 Å². The van der Waals surface area contributed by atoms with Crippen LogP contribution in [0.5, 0.6) is 5.75 Å². The lowest BCUT2D eigenvalue weighted by Crippen LogP contribution is -2.45. The van der Waals surface area contributed by atoms with Gasteiger partial charge in [0.15, 0.2) is 0 Å². The maximum absolute atomic E-state index is 12.5. The van der Waals surface area contributed by atoms with E-state index >= 15 is 0 Å². The van der Waals surface area contributed by atoms with Crippen LogP contribution in [0, 0.1) is 12.8 Å². The molecule has 1 saturated heterocycles. The average Bonchev–Trinajstić information content (AvgIpc) is 3.08. The van der Waals surface area contributed by atoms with Crippen molar-refractivity contribution in [3.05, 3.63) is 47.8 Å². The number of piperidine rings is 1. The Balaban J connectivity index is 1.52. The Morgan fingerprint density at radius 3 is 2.96 bits per heavy atom. The van der Waals surface area contributed by atoms with Gasteiger partial charge < -0.3 is 15.0 Å². The van der Waals surface area contributed by atoms with E-state index < -0.39 is 0 Å². The number of benzene rings is 1. The van der Waals surface area contributed by atoms with Crippen LogP contribution in [0.25, 0.3) is 0 Å². The van der Waals surface area contributed by atoms with Gasteiger partial charge in [0.25, 0.3) is 0 Å². The lowest BCUT2D eigenvalue weighted by molar-refractivity contribution is -0.138. The Hall–Kier alpha value is -2.83. The SMILES string of the molecule is COc1cccc(CN2C[C@H](C(=O)NCCn3ccc(C)n3)CCC2=O)c1. The number of hydrogen-bond acceptors (Lipinski definition) is 4. The quantitative estimate of drug-likeness (QED) is 0.806. The molecule has 2 heterocycles. The first-order valence-corrected chi connectivity index (χ1v) is 9.23. The smallest absolute Gasteiger partial charge is 0.224 e. The third-order valence-electron chi connectivity index (χ3n) is 4.79. The number of ether oxygens (including phenoxy) is 1. The molecular weight excluding hydrogens is 344 g/mol. The van der Waals surface area contributed by atoms with Crippen molar-refractivity contribution in [3.63, 3.8) is 0 Å². The highest BCUT2D eigenvalue weighted by Gasteiger charge is 2.30. The molecule has 7 nitrogen and oxygen atoms in total. The zero-order valence-corrected chi connectivity index (χ0v) is 15.9. The zero-order chi connectivity index (χ0) is 19.2. The van der Waals surface area contributed by atoms with Crippen LogP contribution >= 0.6 is 0 Å². The monoisotopic (exact) mass is 370 g/mol. The molecule has 0 spiro atoms. The fourth-order valence-corrected chi connectivity index (χ4v) is 3.30. The molecule has 1 aliphatic heterocycles. The van der Waals surface area contributed by atoms with E-state index in [4.69, 9.17) is 4.74 Å². The molecule has 2 amide bonds. The first-order chi connectivity index (χ1) is 13.0. The van der Waals surface area contributed by atoms with Crippen molar-refractivity contribution < 1.29 is 14.3 Å². The topological polar surface area (TPSA) is 76.5 Å². The van der Waals surface area contributed by atoms with Crippen molar-refractivity contribution in [2.45, 2.75) is 32.9 Å². The van der Waals surface area contributed by atoms with Crippen LogP contribution in [0.1, 0.15) is 24.1 Å². The van der Waals surface area contributed by atoms with Crippen molar-refractivity contribution in [3.8, 4) is 5.75 Å². The molecule has 27 heavy (non-hydrogen) atoms. The summed E-state index contributed by atoms with van der Waals surface area (Å²) in [5, 5.41) is 7.28. The Morgan fingerprint density at radius 1 is 1.37 bits per heavy atom. The molecule has 0 bridgehead atoms. The van der Waals surface area contributed by atoms with Crippen LogP contribution in [0.3, 0.4) is 0 Å². The molecule has 1 aromatic carbocycles. The maximum Gasteiger partial charge on any atom is 0.224 e. The van der Waals surface area contributed by atoms with Gasteiger partial charge in [-0.2, -0.15) is 5.10 Å². The van der Waals surface area contributed by atoms with Gasteiger partial charge in [0.2, 0.25) is 11.8 Å². The summed E-state index contributed by atoms with van der Waals surface area (Å²) in [4.78, 5) is 26.5. The normalized spacial score (nSPS) is 17.0. The van der Waals surface area contributed by atoms with E-state index in [1.165, 1.54) is 0 Å². The van der Waals surface area contributed by atoms with Crippen LogP contribution in [0.2, 0.25) is 0 Å². The first kappa shape index (κ1) is 18.9. The van der Waals surface area contributed by atoms with Crippen LogP contribution in [-0.2, 0) is 22.7 Å². The number of carbonyl (C=O) groups excluding carboxylic acids is 2. The molecule has 0 unspecified atom stereocenters. The Labute approximate surface area is 159 Å². The van der Waals surface area contributed by atoms with E-state index in [0.717, 1.165) is 17.0 Å². The number of amides is 2. The zero-order valence-electron chi connectivity index (χ0n) is 15.9. The summed E-state index contributed by atoms with van der Waals surface area (Å²) in [7, 11) is 1.62. The summed E-state index contributed by atoms with van der Waals surface area (Å²) in [6.07, 6.45) is 2.90. The van der Waals surface area contributed by atoms with Crippen LogP contribution in [-0.4, -0.2) is 46.7 Å². The predicted molar refractivity (Wildman–Crippen MR) is 101 cm³/mol. The second-order valence-electron chi connectivity index (χ2n) is 6.87. The molecule has 7 heteroatoms. The molecule has 0 radical (unpaired) electrons. The summed E-state index contributed by atoms with van der Waals surface area (Å²) < 4.78 is 7.05. The van der Waals surface area contributed by atoms with Crippen LogP contribution in [0.4, 0.5) is 0 Å². The van der Waals surface area contributed by atoms with Gasteiger partial charge in [-0.1, -0.05) is 12.1 Å².